The van der Waals surface area contributed by atoms with Gasteiger partial charge in [-0.3, -0.25) is 0 Å². The van der Waals surface area contributed by atoms with Gasteiger partial charge in [-0.25, -0.2) is 0 Å². The maximum atomic E-state index is 5.28. The van der Waals surface area contributed by atoms with Crippen molar-refractivity contribution in [2.45, 2.75) is 26.7 Å². The lowest BCUT2D eigenvalue weighted by Crippen LogP contribution is -1.91. The van der Waals surface area contributed by atoms with Crippen LogP contribution in [0.25, 0.3) is 0 Å². The molecule has 0 aromatic heterocycles. The Morgan fingerprint density at radius 1 is 1.40 bits per heavy atom. The van der Waals surface area contributed by atoms with Gasteiger partial charge in [0, 0.05) is 6.54 Å². The van der Waals surface area contributed by atoms with Crippen molar-refractivity contribution in [1.82, 2.24) is 0 Å². The maximum absolute atomic E-state index is 5.28. The van der Waals surface area contributed by atoms with Crippen molar-refractivity contribution in [3.05, 3.63) is 23.8 Å². The van der Waals surface area contributed by atoms with E-state index in [1.807, 2.05) is 6.08 Å². The molecule has 0 amide bonds. The summed E-state index contributed by atoms with van der Waals surface area (Å²) >= 11 is 0. The highest BCUT2D eigenvalue weighted by atomic mass is 14.5. The van der Waals surface area contributed by atoms with E-state index < -0.39 is 0 Å². The second-order valence-electron chi connectivity index (χ2n) is 2.37. The summed E-state index contributed by atoms with van der Waals surface area (Å²) in [6, 6.07) is 0. The van der Waals surface area contributed by atoms with Gasteiger partial charge in [-0.15, -0.1) is 0 Å². The largest absolute Gasteiger partial charge is 0.327 e. The van der Waals surface area contributed by atoms with Gasteiger partial charge in [-0.2, -0.15) is 0 Å². The first-order valence-corrected chi connectivity index (χ1v) is 3.82. The zero-order valence-electron chi connectivity index (χ0n) is 6.93. The summed E-state index contributed by atoms with van der Waals surface area (Å²) in [5.74, 6) is 0. The van der Waals surface area contributed by atoms with E-state index in [9.17, 15) is 0 Å². The van der Waals surface area contributed by atoms with Crippen LogP contribution in [0.2, 0.25) is 0 Å². The van der Waals surface area contributed by atoms with Gasteiger partial charge >= 0.3 is 0 Å². The quantitative estimate of drug-likeness (QED) is 0.594. The van der Waals surface area contributed by atoms with Crippen LogP contribution in [0.1, 0.15) is 26.7 Å². The number of hydrogen-bond donors (Lipinski definition) is 1. The highest BCUT2D eigenvalue weighted by molar-refractivity contribution is 5.04. The molecule has 0 saturated carbocycles. The van der Waals surface area contributed by atoms with E-state index in [4.69, 9.17) is 5.73 Å². The van der Waals surface area contributed by atoms with Gasteiger partial charge in [0.15, 0.2) is 0 Å². The number of rotatable bonds is 4. The van der Waals surface area contributed by atoms with Crippen LogP contribution in [-0.4, -0.2) is 6.54 Å². The highest BCUT2D eigenvalue weighted by Crippen LogP contribution is 2.01. The van der Waals surface area contributed by atoms with Crippen LogP contribution in [0.5, 0.6) is 0 Å². The fourth-order valence-electron chi connectivity index (χ4n) is 0.797. The third kappa shape index (κ3) is 5.57. The number of nitrogens with two attached hydrogens (primary N) is 1. The van der Waals surface area contributed by atoms with Gasteiger partial charge < -0.3 is 5.73 Å². The Labute approximate surface area is 63.6 Å². The molecule has 0 spiro atoms. The zero-order valence-corrected chi connectivity index (χ0v) is 6.93. The zero-order chi connectivity index (χ0) is 7.82. The van der Waals surface area contributed by atoms with Crippen LogP contribution in [0.3, 0.4) is 0 Å². The molecule has 0 fully saturated rings. The average Bonchev–Trinajstić information content (AvgIpc) is 1.89. The van der Waals surface area contributed by atoms with Crippen molar-refractivity contribution in [3.63, 3.8) is 0 Å². The van der Waals surface area contributed by atoms with Crippen molar-refractivity contribution in [1.29, 1.82) is 0 Å². The summed E-state index contributed by atoms with van der Waals surface area (Å²) in [5, 5.41) is 0. The van der Waals surface area contributed by atoms with Gasteiger partial charge in [-0.05, 0) is 19.8 Å². The number of hydrogen-bond acceptors (Lipinski definition) is 1. The highest BCUT2D eigenvalue weighted by Gasteiger charge is 1.81. The molecule has 58 valence electrons. The van der Waals surface area contributed by atoms with Crippen molar-refractivity contribution in [2.24, 2.45) is 5.73 Å². The van der Waals surface area contributed by atoms with Crippen LogP contribution >= 0.6 is 0 Å². The van der Waals surface area contributed by atoms with Crippen molar-refractivity contribution < 1.29 is 0 Å². The van der Waals surface area contributed by atoms with Gasteiger partial charge in [0.1, 0.15) is 0 Å². The maximum Gasteiger partial charge on any atom is 0.0106 e. The first-order valence-electron chi connectivity index (χ1n) is 3.82. The van der Waals surface area contributed by atoms with Crippen LogP contribution in [0.15, 0.2) is 23.8 Å². The Hall–Kier alpha value is -0.560. The second kappa shape index (κ2) is 6.56. The van der Waals surface area contributed by atoms with Gasteiger partial charge in [0.2, 0.25) is 0 Å². The van der Waals surface area contributed by atoms with E-state index in [2.05, 4.69) is 26.0 Å². The van der Waals surface area contributed by atoms with Crippen LogP contribution in [-0.2, 0) is 0 Å². The van der Waals surface area contributed by atoms with Crippen molar-refractivity contribution in [3.8, 4) is 0 Å². The molecule has 1 heteroatoms. The van der Waals surface area contributed by atoms with Crippen molar-refractivity contribution >= 4 is 0 Å². The lowest BCUT2D eigenvalue weighted by Gasteiger charge is -1.92. The SMILES string of the molecule is CC/C=C(/C)C/C=C\CN. The first-order chi connectivity index (χ1) is 4.81. The molecule has 0 aliphatic heterocycles. The lowest BCUT2D eigenvalue weighted by molar-refractivity contribution is 1.11. The van der Waals surface area contributed by atoms with E-state index in [-0.39, 0.29) is 0 Å². The molecule has 0 unspecified atom stereocenters. The summed E-state index contributed by atoms with van der Waals surface area (Å²) < 4.78 is 0. The molecular weight excluding hydrogens is 122 g/mol. The fraction of sp³-hybridized carbons (Fsp3) is 0.556. The Kier molecular flexibility index (Phi) is 6.19. The van der Waals surface area contributed by atoms with Gasteiger partial charge in [0.25, 0.3) is 0 Å². The Balaban J connectivity index is 3.48. The van der Waals surface area contributed by atoms with E-state index in [0.717, 1.165) is 12.8 Å². The van der Waals surface area contributed by atoms with E-state index in [1.165, 1.54) is 5.57 Å². The van der Waals surface area contributed by atoms with E-state index >= 15 is 0 Å². The molecule has 0 saturated heterocycles. The minimum Gasteiger partial charge on any atom is -0.327 e. The molecule has 1 nitrogen and oxygen atoms in total. The normalized spacial score (nSPS) is 12.9. The average molecular weight is 139 g/mol. The molecule has 0 aromatic carbocycles. The van der Waals surface area contributed by atoms with Crippen LogP contribution in [0.4, 0.5) is 0 Å². The predicted molar refractivity (Wildman–Crippen MR) is 46.9 cm³/mol. The smallest absolute Gasteiger partial charge is 0.0106 e. The Morgan fingerprint density at radius 2 is 2.10 bits per heavy atom. The molecular formula is C9H17N. The summed E-state index contributed by atoms with van der Waals surface area (Å²) in [6.45, 7) is 4.94. The van der Waals surface area contributed by atoms with E-state index in [1.54, 1.807) is 0 Å². The molecule has 0 rings (SSSR count). The Morgan fingerprint density at radius 3 is 2.60 bits per heavy atom. The van der Waals surface area contributed by atoms with Gasteiger partial charge in [0.05, 0.1) is 0 Å². The molecule has 0 aliphatic rings. The monoisotopic (exact) mass is 139 g/mol. The summed E-state index contributed by atoms with van der Waals surface area (Å²) in [4.78, 5) is 0. The minimum atomic E-state index is 0.652. The molecule has 2 N–H and O–H groups in total. The van der Waals surface area contributed by atoms with Crippen LogP contribution < -0.4 is 5.73 Å². The lowest BCUT2D eigenvalue weighted by atomic mass is 10.2. The molecule has 0 aromatic rings. The Bertz CT molecular complexity index is 123. The molecule has 0 bridgehead atoms. The second-order valence-corrected chi connectivity index (χ2v) is 2.37. The first kappa shape index (κ1) is 9.44. The molecule has 10 heavy (non-hydrogen) atoms. The fourth-order valence-corrected chi connectivity index (χ4v) is 0.797. The minimum absolute atomic E-state index is 0.652. The number of allylic oxidation sites excluding steroid dienone is 3. The molecule has 0 heterocycles. The molecule has 0 radical (unpaired) electrons. The third-order valence-electron chi connectivity index (χ3n) is 1.30. The standard InChI is InChI=1S/C9H17N/c1-3-6-9(2)7-4-5-8-10/h4-6H,3,7-8,10H2,1-2H3/b5-4-,9-6-. The summed E-state index contributed by atoms with van der Waals surface area (Å²) in [7, 11) is 0. The third-order valence-corrected chi connectivity index (χ3v) is 1.30. The van der Waals surface area contributed by atoms with Gasteiger partial charge in [-0.1, -0.05) is 30.7 Å². The topological polar surface area (TPSA) is 26.0 Å². The predicted octanol–water partition coefficient (Wildman–Crippen LogP) is 2.25. The van der Waals surface area contributed by atoms with E-state index in [0.29, 0.717) is 6.54 Å². The van der Waals surface area contributed by atoms with Crippen molar-refractivity contribution in [2.75, 3.05) is 6.54 Å². The molecule has 0 atom stereocenters. The molecule has 0 aliphatic carbocycles. The van der Waals surface area contributed by atoms with Crippen LogP contribution in [0, 0.1) is 0 Å². The summed E-state index contributed by atoms with van der Waals surface area (Å²) in [5.41, 5.74) is 6.71. The summed E-state index contributed by atoms with van der Waals surface area (Å²) in [6.07, 6.45) is 8.52.